The maximum absolute atomic E-state index is 5.93. The molecule has 0 aromatic carbocycles. The van der Waals surface area contributed by atoms with Crippen LogP contribution < -0.4 is 0 Å². The molecule has 0 aromatic rings. The van der Waals surface area contributed by atoms with E-state index in [0.29, 0.717) is 6.10 Å². The summed E-state index contributed by atoms with van der Waals surface area (Å²) in [7, 11) is 0. The minimum absolute atomic E-state index is 0.345. The van der Waals surface area contributed by atoms with E-state index in [1.807, 2.05) is 0 Å². The van der Waals surface area contributed by atoms with E-state index < -0.39 is 0 Å². The molecule has 0 rings (SSSR count). The predicted octanol–water partition coefficient (Wildman–Crippen LogP) is 8.86. The highest BCUT2D eigenvalue weighted by molar-refractivity contribution is 4.52. The SMILES string of the molecule is CCCCCCCCCCCCOC(C)CCOCCCCCCCCCC. The van der Waals surface area contributed by atoms with E-state index in [2.05, 4.69) is 20.8 Å². The van der Waals surface area contributed by atoms with Crippen molar-refractivity contribution in [2.24, 2.45) is 0 Å². The molecule has 0 spiro atoms. The summed E-state index contributed by atoms with van der Waals surface area (Å²) < 4.78 is 11.7. The lowest BCUT2D eigenvalue weighted by atomic mass is 10.1. The molecule has 28 heavy (non-hydrogen) atoms. The van der Waals surface area contributed by atoms with Crippen molar-refractivity contribution in [2.45, 2.75) is 149 Å². The lowest BCUT2D eigenvalue weighted by molar-refractivity contribution is 0.0291. The van der Waals surface area contributed by atoms with Crippen LogP contribution in [0.15, 0.2) is 0 Å². The fraction of sp³-hybridized carbons (Fsp3) is 1.00. The van der Waals surface area contributed by atoms with Gasteiger partial charge in [-0.3, -0.25) is 0 Å². The molecule has 1 unspecified atom stereocenters. The first-order valence-electron chi connectivity index (χ1n) is 13.0. The van der Waals surface area contributed by atoms with E-state index in [-0.39, 0.29) is 0 Å². The number of ether oxygens (including phenoxy) is 2. The van der Waals surface area contributed by atoms with Crippen molar-refractivity contribution in [1.82, 2.24) is 0 Å². The Kier molecular flexibility index (Phi) is 24.9. The van der Waals surface area contributed by atoms with Crippen molar-refractivity contribution >= 4 is 0 Å². The molecule has 0 fully saturated rings. The molecular weight excluding hydrogens is 344 g/mol. The van der Waals surface area contributed by atoms with Crippen LogP contribution in [0.1, 0.15) is 143 Å². The van der Waals surface area contributed by atoms with Gasteiger partial charge in [0.15, 0.2) is 0 Å². The molecule has 170 valence electrons. The molecule has 0 aliphatic rings. The topological polar surface area (TPSA) is 18.5 Å². The average Bonchev–Trinajstić information content (AvgIpc) is 2.70. The van der Waals surface area contributed by atoms with Gasteiger partial charge in [-0.15, -0.1) is 0 Å². The Balaban J connectivity index is 3.12. The Morgan fingerprint density at radius 1 is 0.464 bits per heavy atom. The second kappa shape index (κ2) is 25.0. The van der Waals surface area contributed by atoms with Gasteiger partial charge in [-0.2, -0.15) is 0 Å². The van der Waals surface area contributed by atoms with Crippen molar-refractivity contribution in [3.05, 3.63) is 0 Å². The van der Waals surface area contributed by atoms with E-state index in [4.69, 9.17) is 9.47 Å². The predicted molar refractivity (Wildman–Crippen MR) is 125 cm³/mol. The highest BCUT2D eigenvalue weighted by atomic mass is 16.5. The van der Waals surface area contributed by atoms with Crippen molar-refractivity contribution in [3.63, 3.8) is 0 Å². The molecule has 0 saturated heterocycles. The van der Waals surface area contributed by atoms with Crippen LogP contribution >= 0.6 is 0 Å². The third-order valence-corrected chi connectivity index (χ3v) is 5.71. The summed E-state index contributed by atoms with van der Waals surface area (Å²) in [5, 5.41) is 0. The molecule has 0 heterocycles. The Hall–Kier alpha value is -0.0800. The second-order valence-corrected chi connectivity index (χ2v) is 8.74. The minimum atomic E-state index is 0.345. The zero-order valence-electron chi connectivity index (χ0n) is 20.0. The van der Waals surface area contributed by atoms with Crippen molar-refractivity contribution < 1.29 is 9.47 Å². The lowest BCUT2D eigenvalue weighted by Gasteiger charge is -2.13. The normalized spacial score (nSPS) is 12.5. The van der Waals surface area contributed by atoms with Crippen molar-refractivity contribution in [2.75, 3.05) is 19.8 Å². The standard InChI is InChI=1S/C26H54O2/c1-4-6-8-10-12-14-15-17-19-21-24-28-26(3)22-25-27-23-20-18-16-13-11-9-7-5-2/h26H,4-25H2,1-3H3. The van der Waals surface area contributed by atoms with Crippen molar-refractivity contribution in [3.8, 4) is 0 Å². The summed E-state index contributed by atoms with van der Waals surface area (Å²) in [6.07, 6.45) is 26.2. The summed E-state index contributed by atoms with van der Waals surface area (Å²) in [6.45, 7) is 9.47. The quantitative estimate of drug-likeness (QED) is 0.151. The maximum Gasteiger partial charge on any atom is 0.0568 e. The molecule has 2 heteroatoms. The number of hydrogen-bond donors (Lipinski definition) is 0. The average molecular weight is 399 g/mol. The Morgan fingerprint density at radius 2 is 0.857 bits per heavy atom. The van der Waals surface area contributed by atoms with Gasteiger partial charge in [0.2, 0.25) is 0 Å². The van der Waals surface area contributed by atoms with Crippen LogP contribution in [-0.2, 0) is 9.47 Å². The Morgan fingerprint density at radius 3 is 1.32 bits per heavy atom. The molecule has 0 radical (unpaired) electrons. The summed E-state index contributed by atoms with van der Waals surface area (Å²) in [4.78, 5) is 0. The van der Waals surface area contributed by atoms with Crippen LogP contribution in [0.2, 0.25) is 0 Å². The fourth-order valence-corrected chi connectivity index (χ4v) is 3.65. The molecule has 0 bridgehead atoms. The van der Waals surface area contributed by atoms with Crippen LogP contribution in [0.25, 0.3) is 0 Å². The van der Waals surface area contributed by atoms with E-state index in [0.717, 1.165) is 26.2 Å². The van der Waals surface area contributed by atoms with Gasteiger partial charge in [0.25, 0.3) is 0 Å². The highest BCUT2D eigenvalue weighted by Crippen LogP contribution is 2.11. The third kappa shape index (κ3) is 24.0. The number of unbranched alkanes of at least 4 members (excludes halogenated alkanes) is 16. The Labute approximate surface area is 178 Å². The van der Waals surface area contributed by atoms with Gasteiger partial charge in [0.05, 0.1) is 6.10 Å². The first-order valence-corrected chi connectivity index (χ1v) is 13.0. The lowest BCUT2D eigenvalue weighted by Crippen LogP contribution is -2.12. The van der Waals surface area contributed by atoms with Gasteiger partial charge in [-0.25, -0.2) is 0 Å². The summed E-state index contributed by atoms with van der Waals surface area (Å²) >= 11 is 0. The smallest absolute Gasteiger partial charge is 0.0568 e. The fourth-order valence-electron chi connectivity index (χ4n) is 3.65. The Bertz CT molecular complexity index is 241. The monoisotopic (exact) mass is 398 g/mol. The number of hydrogen-bond acceptors (Lipinski definition) is 2. The third-order valence-electron chi connectivity index (χ3n) is 5.71. The van der Waals surface area contributed by atoms with E-state index in [9.17, 15) is 0 Å². The molecule has 0 aliphatic carbocycles. The van der Waals surface area contributed by atoms with Gasteiger partial charge < -0.3 is 9.47 Å². The van der Waals surface area contributed by atoms with Gasteiger partial charge in [-0.1, -0.05) is 117 Å². The van der Waals surface area contributed by atoms with Crippen LogP contribution in [0.5, 0.6) is 0 Å². The van der Waals surface area contributed by atoms with Crippen LogP contribution in [0.3, 0.4) is 0 Å². The number of rotatable bonds is 24. The minimum Gasteiger partial charge on any atom is -0.381 e. The molecule has 0 aromatic heterocycles. The first-order chi connectivity index (χ1) is 13.8. The van der Waals surface area contributed by atoms with Gasteiger partial charge in [-0.05, 0) is 26.2 Å². The van der Waals surface area contributed by atoms with E-state index >= 15 is 0 Å². The highest BCUT2D eigenvalue weighted by Gasteiger charge is 2.02. The van der Waals surface area contributed by atoms with E-state index in [1.165, 1.54) is 116 Å². The largest absolute Gasteiger partial charge is 0.381 e. The molecule has 0 N–H and O–H groups in total. The zero-order chi connectivity index (χ0) is 20.5. The molecule has 0 amide bonds. The molecule has 0 saturated carbocycles. The first kappa shape index (κ1) is 27.9. The van der Waals surface area contributed by atoms with Crippen LogP contribution in [0.4, 0.5) is 0 Å². The van der Waals surface area contributed by atoms with Gasteiger partial charge in [0, 0.05) is 19.8 Å². The van der Waals surface area contributed by atoms with Crippen LogP contribution in [0, 0.1) is 0 Å². The van der Waals surface area contributed by atoms with Gasteiger partial charge in [0.1, 0.15) is 0 Å². The summed E-state index contributed by atoms with van der Waals surface area (Å²) in [5.74, 6) is 0. The summed E-state index contributed by atoms with van der Waals surface area (Å²) in [5.41, 5.74) is 0. The molecule has 0 aliphatic heterocycles. The van der Waals surface area contributed by atoms with E-state index in [1.54, 1.807) is 0 Å². The summed E-state index contributed by atoms with van der Waals surface area (Å²) in [6, 6.07) is 0. The zero-order valence-corrected chi connectivity index (χ0v) is 20.0. The van der Waals surface area contributed by atoms with Crippen molar-refractivity contribution in [1.29, 1.82) is 0 Å². The second-order valence-electron chi connectivity index (χ2n) is 8.74. The van der Waals surface area contributed by atoms with Gasteiger partial charge >= 0.3 is 0 Å². The molecule has 2 nitrogen and oxygen atoms in total. The molecular formula is C26H54O2. The molecule has 1 atom stereocenters. The maximum atomic E-state index is 5.93. The van der Waals surface area contributed by atoms with Crippen LogP contribution in [-0.4, -0.2) is 25.9 Å².